The molecule has 0 heterocycles. The summed E-state index contributed by atoms with van der Waals surface area (Å²) in [4.78, 5) is 33.6. The number of aliphatic carboxylic acids is 1. The second kappa shape index (κ2) is 7.08. The van der Waals surface area contributed by atoms with E-state index in [-0.39, 0.29) is 0 Å². The molecule has 0 aliphatic heterocycles. The Labute approximate surface area is 111 Å². The van der Waals surface area contributed by atoms with E-state index >= 15 is 0 Å². The monoisotopic (exact) mass is 275 g/mol. The number of carboxylic acid groups (broad SMARTS) is 1. The van der Waals surface area contributed by atoms with Crippen LogP contribution in [0.3, 0.4) is 0 Å². The molecule has 0 aromatic rings. The Balaban J connectivity index is 4.72. The zero-order valence-corrected chi connectivity index (χ0v) is 11.5. The Morgan fingerprint density at radius 3 is 1.53 bits per heavy atom. The number of esters is 2. The molecule has 0 aromatic heterocycles. The molecule has 0 amide bonds. The van der Waals surface area contributed by atoms with Gasteiger partial charge in [-0.1, -0.05) is 0 Å². The molecule has 0 saturated heterocycles. The van der Waals surface area contributed by atoms with Crippen molar-refractivity contribution < 1.29 is 34.1 Å². The van der Waals surface area contributed by atoms with E-state index in [1.807, 2.05) is 0 Å². The molecule has 7 heteroatoms. The smallest absolute Gasteiger partial charge is 0.309 e. The van der Waals surface area contributed by atoms with E-state index in [1.54, 1.807) is 27.7 Å². The van der Waals surface area contributed by atoms with Crippen LogP contribution in [-0.2, 0) is 23.9 Å². The number of hydrogen-bond donors (Lipinski definition) is 1. The largest absolute Gasteiger partial charge is 0.547 e. The third-order valence-corrected chi connectivity index (χ3v) is 1.99. The molecule has 0 aliphatic carbocycles. The van der Waals surface area contributed by atoms with E-state index in [0.29, 0.717) is 0 Å². The zero-order chi connectivity index (χ0) is 15.2. The third kappa shape index (κ3) is 6.76. The second-order valence-corrected chi connectivity index (χ2v) is 4.75. The fourth-order valence-corrected chi connectivity index (χ4v) is 1.29. The van der Waals surface area contributed by atoms with Gasteiger partial charge in [-0.2, -0.15) is 0 Å². The van der Waals surface area contributed by atoms with Crippen LogP contribution in [0.25, 0.3) is 0 Å². The van der Waals surface area contributed by atoms with Crippen LogP contribution < -0.4 is 5.11 Å². The first kappa shape index (κ1) is 17.4. The Morgan fingerprint density at radius 1 is 1.00 bits per heavy atom. The van der Waals surface area contributed by atoms with Gasteiger partial charge in [-0.15, -0.1) is 0 Å². The number of carbonyl (C=O) groups excluding carboxylic acids is 3. The number of carboxylic acids is 1. The summed E-state index contributed by atoms with van der Waals surface area (Å²) < 4.78 is 9.43. The van der Waals surface area contributed by atoms with E-state index in [4.69, 9.17) is 9.47 Å². The van der Waals surface area contributed by atoms with Gasteiger partial charge in [0.15, 0.2) is 0 Å². The van der Waals surface area contributed by atoms with Gasteiger partial charge >= 0.3 is 11.9 Å². The van der Waals surface area contributed by atoms with Gasteiger partial charge in [0, 0.05) is 0 Å². The van der Waals surface area contributed by atoms with E-state index in [1.165, 1.54) is 0 Å². The van der Waals surface area contributed by atoms with Gasteiger partial charge in [0.1, 0.15) is 5.60 Å². The van der Waals surface area contributed by atoms with Gasteiger partial charge in [0.05, 0.1) is 31.0 Å². The summed E-state index contributed by atoms with van der Waals surface area (Å²) in [6, 6.07) is 0. The summed E-state index contributed by atoms with van der Waals surface area (Å²) >= 11 is 0. The SMILES string of the molecule is CC(C)OC(=O)CC(O)(CC(=O)OC(C)C)C(=O)[O-]. The molecule has 0 rings (SSSR count). The average Bonchev–Trinajstić information content (AvgIpc) is 2.12. The van der Waals surface area contributed by atoms with Crippen molar-refractivity contribution in [2.75, 3.05) is 0 Å². The number of rotatable bonds is 7. The van der Waals surface area contributed by atoms with Crippen LogP contribution in [-0.4, -0.2) is 40.8 Å². The lowest BCUT2D eigenvalue weighted by Crippen LogP contribution is -2.51. The van der Waals surface area contributed by atoms with Crippen molar-refractivity contribution >= 4 is 17.9 Å². The van der Waals surface area contributed by atoms with E-state index < -0.39 is 48.6 Å². The lowest BCUT2D eigenvalue weighted by molar-refractivity contribution is -0.325. The number of carbonyl (C=O) groups is 3. The average molecular weight is 275 g/mol. The van der Waals surface area contributed by atoms with Crippen molar-refractivity contribution in [1.82, 2.24) is 0 Å². The van der Waals surface area contributed by atoms with E-state index in [9.17, 15) is 24.6 Å². The fourth-order valence-electron chi connectivity index (χ4n) is 1.29. The maximum atomic E-state index is 11.4. The standard InChI is InChI=1S/C12H20O7/c1-7(2)18-9(13)5-12(17,11(15)16)6-10(14)19-8(3)4/h7-8,17H,5-6H2,1-4H3,(H,15,16)/p-1. The van der Waals surface area contributed by atoms with Gasteiger partial charge in [-0.25, -0.2) is 0 Å². The summed E-state index contributed by atoms with van der Waals surface area (Å²) in [7, 11) is 0. The molecule has 0 saturated carbocycles. The van der Waals surface area contributed by atoms with Gasteiger partial charge in [-0.3, -0.25) is 9.59 Å². The van der Waals surface area contributed by atoms with Crippen LogP contribution in [0.5, 0.6) is 0 Å². The predicted molar refractivity (Wildman–Crippen MR) is 61.6 cm³/mol. The van der Waals surface area contributed by atoms with Crippen molar-refractivity contribution in [3.63, 3.8) is 0 Å². The quantitative estimate of drug-likeness (QED) is 0.602. The first-order chi connectivity index (χ1) is 8.56. The van der Waals surface area contributed by atoms with E-state index in [0.717, 1.165) is 0 Å². The summed E-state index contributed by atoms with van der Waals surface area (Å²) in [5.41, 5.74) is -2.63. The minimum Gasteiger partial charge on any atom is -0.547 e. The first-order valence-corrected chi connectivity index (χ1v) is 5.89. The fraction of sp³-hybridized carbons (Fsp3) is 0.750. The van der Waals surface area contributed by atoms with Crippen LogP contribution >= 0.6 is 0 Å². The summed E-state index contributed by atoms with van der Waals surface area (Å²) in [5.74, 6) is -3.79. The van der Waals surface area contributed by atoms with Gasteiger partial charge in [-0.05, 0) is 27.7 Å². The number of ether oxygens (including phenoxy) is 2. The van der Waals surface area contributed by atoms with Crippen molar-refractivity contribution in [2.45, 2.75) is 58.3 Å². The summed E-state index contributed by atoms with van der Waals surface area (Å²) in [6.07, 6.45) is -2.66. The highest BCUT2D eigenvalue weighted by Gasteiger charge is 2.36. The highest BCUT2D eigenvalue weighted by atomic mass is 16.5. The molecule has 0 unspecified atom stereocenters. The Bertz CT molecular complexity index is 322. The molecule has 0 aliphatic rings. The Hall–Kier alpha value is -1.63. The van der Waals surface area contributed by atoms with Crippen molar-refractivity contribution in [2.24, 2.45) is 0 Å². The van der Waals surface area contributed by atoms with Crippen LogP contribution in [0.4, 0.5) is 0 Å². The Morgan fingerprint density at radius 2 is 1.32 bits per heavy atom. The maximum Gasteiger partial charge on any atom is 0.309 e. The minimum absolute atomic E-state index is 0.457. The van der Waals surface area contributed by atoms with Gasteiger partial charge < -0.3 is 24.5 Å². The zero-order valence-electron chi connectivity index (χ0n) is 11.5. The highest BCUT2D eigenvalue weighted by Crippen LogP contribution is 2.17. The molecular weight excluding hydrogens is 256 g/mol. The van der Waals surface area contributed by atoms with Gasteiger partial charge in [0.25, 0.3) is 0 Å². The second-order valence-electron chi connectivity index (χ2n) is 4.75. The third-order valence-electron chi connectivity index (χ3n) is 1.99. The normalized spacial score (nSPS) is 11.5. The van der Waals surface area contributed by atoms with Crippen LogP contribution in [0, 0.1) is 0 Å². The van der Waals surface area contributed by atoms with Crippen molar-refractivity contribution in [1.29, 1.82) is 0 Å². The number of aliphatic hydroxyl groups is 1. The molecule has 0 atom stereocenters. The number of hydrogen-bond acceptors (Lipinski definition) is 7. The molecule has 0 radical (unpaired) electrons. The molecule has 0 fully saturated rings. The molecule has 19 heavy (non-hydrogen) atoms. The van der Waals surface area contributed by atoms with Crippen LogP contribution in [0.15, 0.2) is 0 Å². The molecule has 0 aromatic carbocycles. The summed E-state index contributed by atoms with van der Waals surface area (Å²) in [5, 5.41) is 20.7. The minimum atomic E-state index is -2.63. The maximum absolute atomic E-state index is 11.4. The molecule has 0 spiro atoms. The lowest BCUT2D eigenvalue weighted by Gasteiger charge is -2.27. The summed E-state index contributed by atoms with van der Waals surface area (Å²) in [6.45, 7) is 6.29. The molecule has 0 bridgehead atoms. The first-order valence-electron chi connectivity index (χ1n) is 5.89. The van der Waals surface area contributed by atoms with Crippen molar-refractivity contribution in [3.05, 3.63) is 0 Å². The van der Waals surface area contributed by atoms with Crippen LogP contribution in [0.2, 0.25) is 0 Å². The molecule has 1 N–H and O–H groups in total. The van der Waals surface area contributed by atoms with E-state index in [2.05, 4.69) is 0 Å². The van der Waals surface area contributed by atoms with Crippen LogP contribution in [0.1, 0.15) is 40.5 Å². The predicted octanol–water partition coefficient (Wildman–Crippen LogP) is -0.849. The molecule has 7 nitrogen and oxygen atoms in total. The van der Waals surface area contributed by atoms with Crippen molar-refractivity contribution in [3.8, 4) is 0 Å². The molecule has 110 valence electrons. The lowest BCUT2D eigenvalue weighted by atomic mass is 9.96. The van der Waals surface area contributed by atoms with Gasteiger partial charge in [0.2, 0.25) is 0 Å². The molecular formula is C12H19O7-. The Kier molecular flexibility index (Phi) is 6.47. The highest BCUT2D eigenvalue weighted by molar-refractivity contribution is 5.88. The topological polar surface area (TPSA) is 113 Å².